The number of hydrogen-bond acceptors (Lipinski definition) is 25. The van der Waals surface area contributed by atoms with E-state index in [2.05, 4.69) is 66.8 Å². The zero-order valence-corrected chi connectivity index (χ0v) is 48.2. The predicted molar refractivity (Wildman–Crippen MR) is 306 cm³/mol. The summed E-state index contributed by atoms with van der Waals surface area (Å²) >= 11 is 2.67. The largest absolute Gasteiger partial charge is 0.463 e. The molecular formula is C55H64N16O12S2. The lowest BCUT2D eigenvalue weighted by Gasteiger charge is -2.45. The minimum atomic E-state index is -1.14. The van der Waals surface area contributed by atoms with E-state index in [9.17, 15) is 25.2 Å². The summed E-state index contributed by atoms with van der Waals surface area (Å²) in [4.78, 5) is 29.8. The topological polar surface area (TPSA) is 355 Å². The molecule has 0 saturated carbocycles. The van der Waals surface area contributed by atoms with E-state index >= 15 is 0 Å². The molecule has 16 atom stereocenters. The van der Waals surface area contributed by atoms with Gasteiger partial charge in [0.05, 0.1) is 92.0 Å². The van der Waals surface area contributed by atoms with Crippen LogP contribution < -0.4 is 0 Å². The van der Waals surface area contributed by atoms with Crippen LogP contribution in [0.3, 0.4) is 0 Å². The number of terminal acetylenes is 1. The first-order valence-corrected chi connectivity index (χ1v) is 28.8. The van der Waals surface area contributed by atoms with E-state index in [4.69, 9.17) is 45.1 Å². The van der Waals surface area contributed by atoms with Crippen molar-refractivity contribution in [2.75, 3.05) is 53.9 Å². The highest BCUT2D eigenvalue weighted by Crippen LogP contribution is 2.43. The number of aromatic nitrogens is 13. The van der Waals surface area contributed by atoms with Crippen LogP contribution in [0, 0.1) is 18.3 Å². The maximum absolute atomic E-state index is 11.4. The van der Waals surface area contributed by atoms with Crippen molar-refractivity contribution in [3.63, 3.8) is 0 Å². The molecule has 0 spiro atoms. The van der Waals surface area contributed by atoms with Crippen molar-refractivity contribution in [1.29, 1.82) is 0 Å². The van der Waals surface area contributed by atoms with Crippen LogP contribution in [0.1, 0.15) is 37.5 Å². The highest BCUT2D eigenvalue weighted by atomic mass is 32.2. The van der Waals surface area contributed by atoms with Crippen molar-refractivity contribution in [2.24, 2.45) is 11.0 Å². The van der Waals surface area contributed by atoms with Crippen LogP contribution in [-0.2, 0) is 38.0 Å². The molecule has 4 fully saturated rings. The summed E-state index contributed by atoms with van der Waals surface area (Å²) in [5.41, 5.74) is 13.0. The lowest BCUT2D eigenvalue weighted by atomic mass is 9.89. The summed E-state index contributed by atoms with van der Waals surface area (Å²) < 4.78 is 45.5. The Bertz CT molecular complexity index is 3280. The van der Waals surface area contributed by atoms with Gasteiger partial charge in [0.15, 0.2) is 0 Å². The van der Waals surface area contributed by atoms with Crippen molar-refractivity contribution in [3.8, 4) is 46.1 Å². The molecule has 4 saturated heterocycles. The Hall–Kier alpha value is -7.34. The van der Waals surface area contributed by atoms with Crippen molar-refractivity contribution in [3.05, 3.63) is 133 Å². The molecule has 16 unspecified atom stereocenters. The normalized spacial score (nSPS) is 29.1. The maximum atomic E-state index is 11.4. The highest BCUT2D eigenvalue weighted by Gasteiger charge is 2.50. The number of hydrogen-bond donors (Lipinski definition) is 4. The van der Waals surface area contributed by atoms with Gasteiger partial charge in [0, 0.05) is 67.5 Å². The molecule has 30 heteroatoms. The van der Waals surface area contributed by atoms with Gasteiger partial charge in [-0.05, 0) is 11.4 Å². The fourth-order valence-corrected chi connectivity index (χ4v) is 13.0. The molecule has 448 valence electrons. The second-order valence-corrected chi connectivity index (χ2v) is 22.6. The first-order valence-electron chi connectivity index (χ1n) is 26.9. The van der Waals surface area contributed by atoms with Gasteiger partial charge in [0.1, 0.15) is 89.8 Å². The van der Waals surface area contributed by atoms with Crippen molar-refractivity contribution in [1.82, 2.24) is 64.9 Å². The lowest BCUT2D eigenvalue weighted by Crippen LogP contribution is -2.56. The summed E-state index contributed by atoms with van der Waals surface area (Å²) in [5.74, 6) is 1.72. The number of benzene rings is 2. The summed E-state index contributed by atoms with van der Waals surface area (Å²) in [6, 6.07) is 17.1. The van der Waals surface area contributed by atoms with Crippen molar-refractivity contribution < 1.29 is 58.4 Å². The molecule has 2 aromatic carbocycles. The molecule has 11 rings (SSSR count). The van der Waals surface area contributed by atoms with Crippen molar-refractivity contribution in [2.45, 2.75) is 102 Å². The maximum Gasteiger partial charge on any atom is 0.302 e. The molecule has 28 nitrogen and oxygen atoms in total. The fraction of sp³-hybridized carbons (Fsp3) is 0.473. The van der Waals surface area contributed by atoms with Crippen LogP contribution in [0.2, 0.25) is 0 Å². The zero-order chi connectivity index (χ0) is 59.8. The molecule has 7 aromatic rings. The molecule has 85 heavy (non-hydrogen) atoms. The van der Waals surface area contributed by atoms with Gasteiger partial charge in [-0.2, -0.15) is 0 Å². The minimum absolute atomic E-state index is 0.0228. The van der Waals surface area contributed by atoms with Gasteiger partial charge in [0.2, 0.25) is 0 Å². The number of nitrogens with zero attached hydrogens (tertiary/aromatic N) is 16. The third-order valence-corrected chi connectivity index (χ3v) is 17.4. The van der Waals surface area contributed by atoms with Crippen LogP contribution >= 0.6 is 23.5 Å². The molecule has 4 aliphatic heterocycles. The second kappa shape index (κ2) is 30.1. The monoisotopic (exact) mass is 1200 g/mol. The number of aliphatic hydroxyl groups excluding tert-OH is 4. The first-order chi connectivity index (χ1) is 41.4. The molecule has 4 aliphatic rings. The van der Waals surface area contributed by atoms with E-state index in [-0.39, 0.29) is 44.2 Å². The fourth-order valence-electron chi connectivity index (χ4n) is 10.0. The smallest absolute Gasteiger partial charge is 0.302 e. The number of carbonyl (C=O) groups excluding carboxylic acids is 1. The van der Waals surface area contributed by atoms with Crippen molar-refractivity contribution >= 4 is 29.5 Å². The van der Waals surface area contributed by atoms with Gasteiger partial charge in [-0.25, -0.2) is 34.0 Å². The van der Waals surface area contributed by atoms with E-state index in [1.807, 2.05) is 67.6 Å². The summed E-state index contributed by atoms with van der Waals surface area (Å²) in [5, 5.41) is 72.5. The van der Waals surface area contributed by atoms with Gasteiger partial charge in [-0.3, -0.25) is 4.79 Å². The van der Waals surface area contributed by atoms with E-state index in [0.717, 1.165) is 11.1 Å². The summed E-state index contributed by atoms with van der Waals surface area (Å²) in [6.45, 7) is 3.88. The molecular weight excluding hydrogens is 1140 g/mol. The minimum Gasteiger partial charge on any atom is -0.463 e. The number of carbonyl (C=O) groups is 1. The SMILES string of the molecule is C#Cc1cncnc1.COC1C(SC2COCC(n3cc(-c4ccccc4)nn3)C2O)OC(CO)C(O)C1n1cc(-c2cncnc2)nn1.COC1C(SC2COCC(n3cc(-c4ccccc4)nn3)C2O)OC(COC(C)=O)C(C)C1N=[N+]=[N-]. The molecule has 4 N–H and O–H groups in total. The Morgan fingerprint density at radius 1 is 0.706 bits per heavy atom. The first kappa shape index (κ1) is 62.2. The highest BCUT2D eigenvalue weighted by molar-refractivity contribution is 8.00. The van der Waals surface area contributed by atoms with E-state index in [0.29, 0.717) is 28.2 Å². The van der Waals surface area contributed by atoms with E-state index in [1.54, 1.807) is 52.7 Å². The van der Waals surface area contributed by atoms with Gasteiger partial charge in [-0.15, -0.1) is 45.2 Å². The standard InChI is InChI=1S/C26H30N8O6S.C23H30N6O6S.C6H4N2/c1-38-25-22(34-10-18(30-32-34)16-7-27-14-28-8-16)24(37)20(11-35)40-26(25)41-21-13-39-12-19(23(21)36)33-9-17(29-31-33)15-5-3-2-4-6-15;1-13-18(11-34-14(2)30)35-23(22(32-3)20(13)26-27-24)36-19-12-33-10-17(21(19)31)29-9-16(25-28-29)15-7-5-4-6-8-15;1-2-6-3-7-5-8-4-6/h2-10,14,19-26,35-37H,11-13H2,1H3;4-9,13,17-23,31H,10-12H2,1-3H3;1,3-5H. The Kier molecular flexibility index (Phi) is 22.1. The third-order valence-electron chi connectivity index (χ3n) is 14.6. The molecule has 5 aromatic heterocycles. The van der Waals surface area contributed by atoms with Crippen LogP contribution in [0.5, 0.6) is 0 Å². The number of azide groups is 1. The van der Waals surface area contributed by atoms with Crippen LogP contribution in [0.4, 0.5) is 0 Å². The Morgan fingerprint density at radius 3 is 1.67 bits per heavy atom. The van der Waals surface area contributed by atoms with Crippen LogP contribution in [0.15, 0.2) is 122 Å². The number of thioether (sulfide) groups is 2. The van der Waals surface area contributed by atoms with Gasteiger partial charge < -0.3 is 53.6 Å². The molecule has 0 aliphatic carbocycles. The molecule has 9 heterocycles. The third kappa shape index (κ3) is 15.2. The van der Waals surface area contributed by atoms with Gasteiger partial charge in [0.25, 0.3) is 0 Å². The van der Waals surface area contributed by atoms with Gasteiger partial charge >= 0.3 is 5.97 Å². The number of aliphatic hydroxyl groups is 4. The summed E-state index contributed by atoms with van der Waals surface area (Å²) in [6.07, 6.45) is 14.0. The van der Waals surface area contributed by atoms with Gasteiger partial charge in [-0.1, -0.05) is 94.3 Å². The number of rotatable bonds is 16. The molecule has 0 bridgehead atoms. The average Bonchev–Trinajstić information content (AvgIpc) is 4.37. The Morgan fingerprint density at radius 2 is 1.19 bits per heavy atom. The summed E-state index contributed by atoms with van der Waals surface area (Å²) in [7, 11) is 3.04. The average molecular weight is 1210 g/mol. The Balaban J connectivity index is 0.000000181. The quantitative estimate of drug-likeness (QED) is 0.0354. The van der Waals surface area contributed by atoms with Crippen LogP contribution in [-0.4, -0.2) is 215 Å². The van der Waals surface area contributed by atoms with E-state index in [1.165, 1.54) is 62.0 Å². The Labute approximate surface area is 496 Å². The predicted octanol–water partition coefficient (Wildman–Crippen LogP) is 3.42. The molecule has 0 amide bonds. The lowest BCUT2D eigenvalue weighted by molar-refractivity contribution is -0.186. The number of ether oxygens (including phenoxy) is 7. The number of esters is 1. The second-order valence-electron chi connectivity index (χ2n) is 19.9. The zero-order valence-electron chi connectivity index (χ0n) is 46.6. The van der Waals surface area contributed by atoms with Crippen LogP contribution in [0.25, 0.3) is 44.2 Å². The number of methoxy groups -OCH3 is 2. The molecule has 0 radical (unpaired) electrons. The van der Waals surface area contributed by atoms with E-state index < -0.39 is 95.6 Å².